The molecule has 1 saturated carbocycles. The van der Waals surface area contributed by atoms with Gasteiger partial charge in [0.1, 0.15) is 5.82 Å². The number of aryl methyl sites for hydroxylation is 1. The van der Waals surface area contributed by atoms with E-state index in [0.29, 0.717) is 5.92 Å². The summed E-state index contributed by atoms with van der Waals surface area (Å²) >= 11 is 0. The molecule has 1 aromatic carbocycles. The van der Waals surface area contributed by atoms with E-state index in [1.165, 1.54) is 0 Å². The number of hydrogen-bond donors (Lipinski definition) is 3. The topological polar surface area (TPSA) is 44.3 Å². The SMILES string of the molecule is CCc1cccc([C@H]2CNC3(C[C@@H]3C(C)(C)CO)C2NC)c1F. The molecular weight excluding hydrogens is 291 g/mol. The van der Waals surface area contributed by atoms with Crippen molar-refractivity contribution in [1.29, 1.82) is 0 Å². The van der Waals surface area contributed by atoms with Gasteiger partial charge in [0.2, 0.25) is 0 Å². The van der Waals surface area contributed by atoms with Crippen LogP contribution >= 0.6 is 0 Å². The van der Waals surface area contributed by atoms with Gasteiger partial charge in [0.05, 0.1) is 0 Å². The van der Waals surface area contributed by atoms with Gasteiger partial charge in [0.25, 0.3) is 0 Å². The molecule has 1 aliphatic carbocycles. The summed E-state index contributed by atoms with van der Waals surface area (Å²) in [7, 11) is 1.97. The van der Waals surface area contributed by atoms with Crippen LogP contribution in [0, 0.1) is 17.2 Å². The van der Waals surface area contributed by atoms with Crippen LogP contribution in [0.4, 0.5) is 4.39 Å². The first kappa shape index (κ1) is 16.9. The van der Waals surface area contributed by atoms with Crippen LogP contribution in [-0.2, 0) is 6.42 Å². The minimum Gasteiger partial charge on any atom is -0.396 e. The highest BCUT2D eigenvalue weighted by molar-refractivity contribution is 5.36. The summed E-state index contributed by atoms with van der Waals surface area (Å²) in [4.78, 5) is 0. The van der Waals surface area contributed by atoms with Gasteiger partial charge in [-0.1, -0.05) is 39.0 Å². The molecular formula is C19H29FN2O. The minimum atomic E-state index is -0.110. The van der Waals surface area contributed by atoms with Crippen LogP contribution in [0.15, 0.2) is 18.2 Å². The van der Waals surface area contributed by atoms with Crippen molar-refractivity contribution in [2.45, 2.75) is 51.1 Å². The van der Waals surface area contributed by atoms with Gasteiger partial charge in [0.15, 0.2) is 0 Å². The van der Waals surface area contributed by atoms with Gasteiger partial charge in [-0.2, -0.15) is 0 Å². The smallest absolute Gasteiger partial charge is 0.129 e. The third-order valence-corrected chi connectivity index (χ3v) is 6.16. The average Bonchev–Trinajstić information content (AvgIpc) is 3.17. The lowest BCUT2D eigenvalue weighted by Crippen LogP contribution is -2.46. The molecule has 1 spiro atoms. The minimum absolute atomic E-state index is 0.0136. The molecule has 0 amide bonds. The van der Waals surface area contributed by atoms with Gasteiger partial charge in [-0.05, 0) is 42.3 Å². The Labute approximate surface area is 138 Å². The number of nitrogens with one attached hydrogen (secondary N) is 2. The lowest BCUT2D eigenvalue weighted by Gasteiger charge is -2.30. The Morgan fingerprint density at radius 3 is 2.78 bits per heavy atom. The predicted octanol–water partition coefficient (Wildman–Crippen LogP) is 2.44. The largest absolute Gasteiger partial charge is 0.396 e. The quantitative estimate of drug-likeness (QED) is 0.781. The van der Waals surface area contributed by atoms with Crippen LogP contribution in [0.2, 0.25) is 0 Å². The fourth-order valence-corrected chi connectivity index (χ4v) is 4.70. The van der Waals surface area contributed by atoms with Crippen molar-refractivity contribution in [2.75, 3.05) is 20.2 Å². The van der Waals surface area contributed by atoms with Gasteiger partial charge >= 0.3 is 0 Å². The van der Waals surface area contributed by atoms with Crippen molar-refractivity contribution in [3.63, 3.8) is 0 Å². The van der Waals surface area contributed by atoms with Gasteiger partial charge in [-0.15, -0.1) is 0 Å². The monoisotopic (exact) mass is 320 g/mol. The van der Waals surface area contributed by atoms with E-state index in [-0.39, 0.29) is 35.3 Å². The molecule has 1 aliphatic heterocycles. The molecule has 0 aromatic heterocycles. The second-order valence-electron chi connectivity index (χ2n) is 7.87. The number of hydrogen-bond acceptors (Lipinski definition) is 3. The van der Waals surface area contributed by atoms with Crippen LogP contribution in [-0.4, -0.2) is 36.9 Å². The number of aliphatic hydroxyl groups excluding tert-OH is 1. The molecule has 3 rings (SSSR count). The summed E-state index contributed by atoms with van der Waals surface area (Å²) in [6, 6.07) is 5.97. The predicted molar refractivity (Wildman–Crippen MR) is 91.1 cm³/mol. The van der Waals surface area contributed by atoms with Gasteiger partial charge in [-0.25, -0.2) is 4.39 Å². The number of likely N-dealkylation sites (N-methyl/N-ethyl adjacent to an activating group) is 1. The van der Waals surface area contributed by atoms with Crippen LogP contribution in [0.25, 0.3) is 0 Å². The molecule has 4 heteroatoms. The molecule has 1 saturated heterocycles. The third-order valence-electron chi connectivity index (χ3n) is 6.16. The molecule has 128 valence electrons. The zero-order valence-corrected chi connectivity index (χ0v) is 14.6. The zero-order chi connectivity index (χ0) is 16.8. The van der Waals surface area contributed by atoms with Crippen LogP contribution in [0.1, 0.15) is 44.2 Å². The first-order valence-corrected chi connectivity index (χ1v) is 8.71. The molecule has 4 atom stereocenters. The molecule has 1 heterocycles. The summed E-state index contributed by atoms with van der Waals surface area (Å²) in [6.45, 7) is 7.20. The van der Waals surface area contributed by atoms with Crippen LogP contribution in [0.5, 0.6) is 0 Å². The van der Waals surface area contributed by atoms with E-state index in [4.69, 9.17) is 0 Å². The lowest BCUT2D eigenvalue weighted by atomic mass is 9.81. The van der Waals surface area contributed by atoms with Crippen molar-refractivity contribution in [3.8, 4) is 0 Å². The molecule has 2 fully saturated rings. The Balaban J connectivity index is 1.90. The number of halogens is 1. The number of benzene rings is 1. The highest BCUT2D eigenvalue weighted by Gasteiger charge is 2.67. The van der Waals surface area contributed by atoms with E-state index in [9.17, 15) is 9.50 Å². The molecule has 1 aromatic rings. The van der Waals surface area contributed by atoms with E-state index in [0.717, 1.165) is 30.5 Å². The second-order valence-corrected chi connectivity index (χ2v) is 7.87. The van der Waals surface area contributed by atoms with Crippen LogP contribution in [0.3, 0.4) is 0 Å². The Kier molecular flexibility index (Phi) is 4.28. The first-order chi connectivity index (χ1) is 10.9. The van der Waals surface area contributed by atoms with E-state index in [1.54, 1.807) is 0 Å². The van der Waals surface area contributed by atoms with E-state index in [2.05, 4.69) is 24.5 Å². The standard InChI is InChI=1S/C19H29FN2O/c1-5-12-7-6-8-13(16(12)20)14-10-22-19(17(14)21-4)9-15(19)18(2,3)11-23/h6-8,14-15,17,21-23H,5,9-11H2,1-4H3/t14-,15-,17?,19?/m1/s1. The van der Waals surface area contributed by atoms with Gasteiger partial charge in [0, 0.05) is 30.7 Å². The maximum absolute atomic E-state index is 14.8. The maximum Gasteiger partial charge on any atom is 0.129 e. The zero-order valence-electron chi connectivity index (χ0n) is 14.6. The number of rotatable bonds is 5. The van der Waals surface area contributed by atoms with E-state index in [1.807, 2.05) is 32.2 Å². The normalized spacial score (nSPS) is 33.4. The summed E-state index contributed by atoms with van der Waals surface area (Å²) in [5.74, 6) is 0.503. The van der Waals surface area contributed by atoms with Crippen molar-refractivity contribution >= 4 is 0 Å². The van der Waals surface area contributed by atoms with E-state index < -0.39 is 0 Å². The second kappa shape index (κ2) is 5.83. The summed E-state index contributed by atoms with van der Waals surface area (Å²) < 4.78 is 14.8. The highest BCUT2D eigenvalue weighted by atomic mass is 19.1. The fraction of sp³-hybridized carbons (Fsp3) is 0.684. The fourth-order valence-electron chi connectivity index (χ4n) is 4.70. The Morgan fingerprint density at radius 2 is 2.17 bits per heavy atom. The maximum atomic E-state index is 14.8. The summed E-state index contributed by atoms with van der Waals surface area (Å²) in [6.07, 6.45) is 1.76. The summed E-state index contributed by atoms with van der Waals surface area (Å²) in [5.41, 5.74) is 1.49. The molecule has 2 unspecified atom stereocenters. The van der Waals surface area contributed by atoms with Gasteiger partial charge < -0.3 is 15.7 Å². The highest BCUT2D eigenvalue weighted by Crippen LogP contribution is 2.60. The van der Waals surface area contributed by atoms with Crippen molar-refractivity contribution in [3.05, 3.63) is 35.1 Å². The van der Waals surface area contributed by atoms with Gasteiger partial charge in [-0.3, -0.25) is 0 Å². The summed E-state index contributed by atoms with van der Waals surface area (Å²) in [5, 5.41) is 16.8. The van der Waals surface area contributed by atoms with Crippen molar-refractivity contribution < 1.29 is 9.50 Å². The van der Waals surface area contributed by atoms with Crippen molar-refractivity contribution in [1.82, 2.24) is 10.6 Å². The third kappa shape index (κ3) is 2.51. The first-order valence-electron chi connectivity index (χ1n) is 8.71. The van der Waals surface area contributed by atoms with Crippen molar-refractivity contribution in [2.24, 2.45) is 11.3 Å². The number of aliphatic hydroxyl groups is 1. The lowest BCUT2D eigenvalue weighted by molar-refractivity contribution is 0.123. The molecule has 2 aliphatic rings. The van der Waals surface area contributed by atoms with Crippen LogP contribution < -0.4 is 10.6 Å². The Bertz CT molecular complexity index is 589. The molecule has 3 nitrogen and oxygen atoms in total. The Hall–Kier alpha value is -0.970. The molecule has 0 bridgehead atoms. The Morgan fingerprint density at radius 1 is 1.43 bits per heavy atom. The molecule has 0 radical (unpaired) electrons. The molecule has 23 heavy (non-hydrogen) atoms. The molecule has 3 N–H and O–H groups in total. The van der Waals surface area contributed by atoms with E-state index >= 15 is 0 Å². The average molecular weight is 320 g/mol.